The van der Waals surface area contributed by atoms with E-state index < -0.39 is 59.3 Å². The highest BCUT2D eigenvalue weighted by molar-refractivity contribution is 5.95. The van der Waals surface area contributed by atoms with Crippen LogP contribution in [-0.4, -0.2) is 71.8 Å². The van der Waals surface area contributed by atoms with Crippen molar-refractivity contribution >= 4 is 29.5 Å². The van der Waals surface area contributed by atoms with Crippen molar-refractivity contribution in [2.24, 2.45) is 22.5 Å². The molecule has 0 aromatic rings. The lowest BCUT2D eigenvalue weighted by molar-refractivity contribution is -0.176. The standard InChI is InChI=1S/C23H34F3N5O5/c1-21(2,3)15(30-20(36)23(24,25)26)19(35)31-9-7-22(5-6-22)11-14(31)18(34)29-13(16(27)32)10-12-4-8-28-17(12)33/h12-15H,4-11H2,1-3H3,(H2,27,32)(H,28,33)(H,29,34)(H,30,36). The van der Waals surface area contributed by atoms with E-state index in [1.165, 1.54) is 25.7 Å². The first-order valence-corrected chi connectivity index (χ1v) is 12.1. The van der Waals surface area contributed by atoms with E-state index in [-0.39, 0.29) is 30.7 Å². The zero-order valence-corrected chi connectivity index (χ0v) is 20.7. The lowest BCUT2D eigenvalue weighted by Gasteiger charge is -2.43. The van der Waals surface area contributed by atoms with Gasteiger partial charge in [0.1, 0.15) is 18.1 Å². The second kappa shape index (κ2) is 9.89. The fourth-order valence-electron chi connectivity index (χ4n) is 4.96. The van der Waals surface area contributed by atoms with Crippen molar-refractivity contribution in [2.75, 3.05) is 13.1 Å². The number of primary amides is 1. The van der Waals surface area contributed by atoms with Crippen LogP contribution in [0, 0.1) is 16.7 Å². The van der Waals surface area contributed by atoms with Crippen molar-refractivity contribution in [3.63, 3.8) is 0 Å². The number of carbonyl (C=O) groups is 5. The number of nitrogens with zero attached hydrogens (tertiary/aromatic N) is 1. The Hall–Kier alpha value is -2.86. The van der Waals surface area contributed by atoms with E-state index in [0.717, 1.165) is 12.8 Å². The molecule has 202 valence electrons. The predicted molar refractivity (Wildman–Crippen MR) is 121 cm³/mol. The summed E-state index contributed by atoms with van der Waals surface area (Å²) in [6.07, 6.45) is -2.12. The van der Waals surface area contributed by atoms with Crippen LogP contribution in [0.3, 0.4) is 0 Å². The van der Waals surface area contributed by atoms with E-state index in [1.807, 2.05) is 0 Å². The van der Waals surface area contributed by atoms with E-state index >= 15 is 0 Å². The molecule has 3 rings (SSSR count). The Morgan fingerprint density at radius 3 is 2.25 bits per heavy atom. The fourth-order valence-corrected chi connectivity index (χ4v) is 4.96. The number of carbonyl (C=O) groups excluding carboxylic acids is 5. The van der Waals surface area contributed by atoms with E-state index in [4.69, 9.17) is 5.73 Å². The van der Waals surface area contributed by atoms with Crippen molar-refractivity contribution in [3.8, 4) is 0 Å². The van der Waals surface area contributed by atoms with Crippen molar-refractivity contribution < 1.29 is 37.1 Å². The summed E-state index contributed by atoms with van der Waals surface area (Å²) in [5, 5.41) is 7.02. The van der Waals surface area contributed by atoms with Gasteiger partial charge < -0.3 is 26.6 Å². The first kappa shape index (κ1) is 27.7. The van der Waals surface area contributed by atoms with Crippen molar-refractivity contribution in [3.05, 3.63) is 0 Å². The Morgan fingerprint density at radius 2 is 1.78 bits per heavy atom. The molecule has 1 aliphatic carbocycles. The molecule has 36 heavy (non-hydrogen) atoms. The number of rotatable bonds is 7. The molecule has 0 aromatic heterocycles. The molecule has 2 heterocycles. The van der Waals surface area contributed by atoms with Crippen LogP contribution in [0.25, 0.3) is 0 Å². The van der Waals surface area contributed by atoms with Gasteiger partial charge in [0, 0.05) is 19.0 Å². The summed E-state index contributed by atoms with van der Waals surface area (Å²) >= 11 is 0. The molecule has 4 unspecified atom stereocenters. The molecule has 2 saturated heterocycles. The largest absolute Gasteiger partial charge is 0.471 e. The molecule has 0 aromatic carbocycles. The van der Waals surface area contributed by atoms with Crippen LogP contribution in [0.1, 0.15) is 59.3 Å². The maximum absolute atomic E-state index is 13.5. The van der Waals surface area contributed by atoms with Gasteiger partial charge in [0.05, 0.1) is 0 Å². The van der Waals surface area contributed by atoms with Gasteiger partial charge in [0.15, 0.2) is 0 Å². The van der Waals surface area contributed by atoms with Gasteiger partial charge in [0.25, 0.3) is 0 Å². The summed E-state index contributed by atoms with van der Waals surface area (Å²) in [5.41, 5.74) is 4.26. The predicted octanol–water partition coefficient (Wildman–Crippen LogP) is 0.347. The van der Waals surface area contributed by atoms with Crippen LogP contribution in [0.5, 0.6) is 0 Å². The Labute approximate surface area is 207 Å². The average molecular weight is 518 g/mol. The van der Waals surface area contributed by atoms with Gasteiger partial charge in [-0.3, -0.25) is 24.0 Å². The maximum atomic E-state index is 13.5. The summed E-state index contributed by atoms with van der Waals surface area (Å²) in [7, 11) is 0. The monoisotopic (exact) mass is 517 g/mol. The SMILES string of the molecule is CC(C)(C)C(NC(=O)C(F)(F)F)C(=O)N1CCC2(CC2)CC1C(=O)NC(CC1CCNC1=O)C(N)=O. The molecule has 3 aliphatic rings. The van der Waals surface area contributed by atoms with Gasteiger partial charge in [-0.25, -0.2) is 0 Å². The van der Waals surface area contributed by atoms with Crippen LogP contribution >= 0.6 is 0 Å². The van der Waals surface area contributed by atoms with E-state index in [0.29, 0.717) is 19.4 Å². The summed E-state index contributed by atoms with van der Waals surface area (Å²) in [6, 6.07) is -3.74. The lowest BCUT2D eigenvalue weighted by Crippen LogP contribution is -2.63. The van der Waals surface area contributed by atoms with E-state index in [2.05, 4.69) is 10.6 Å². The number of hydrogen-bond donors (Lipinski definition) is 4. The second-order valence-corrected chi connectivity index (χ2v) is 11.2. The summed E-state index contributed by atoms with van der Waals surface area (Å²) in [4.78, 5) is 63.8. The highest BCUT2D eigenvalue weighted by atomic mass is 19.4. The number of nitrogens with two attached hydrogens (primary N) is 1. The van der Waals surface area contributed by atoms with Gasteiger partial charge in [-0.05, 0) is 49.4 Å². The molecule has 10 nitrogen and oxygen atoms in total. The Balaban J connectivity index is 1.81. The number of piperidine rings is 1. The van der Waals surface area contributed by atoms with Crippen molar-refractivity contribution in [2.45, 2.75) is 83.6 Å². The zero-order chi connectivity index (χ0) is 27.1. The summed E-state index contributed by atoms with van der Waals surface area (Å²) in [6.45, 7) is 5.13. The third-order valence-electron chi connectivity index (χ3n) is 7.42. The van der Waals surface area contributed by atoms with Gasteiger partial charge in [-0.1, -0.05) is 20.8 Å². The minimum atomic E-state index is -5.18. The molecule has 2 aliphatic heterocycles. The minimum Gasteiger partial charge on any atom is -0.368 e. The second-order valence-electron chi connectivity index (χ2n) is 11.2. The molecule has 3 fully saturated rings. The molecule has 4 atom stereocenters. The van der Waals surface area contributed by atoms with Gasteiger partial charge in [-0.2, -0.15) is 13.2 Å². The van der Waals surface area contributed by atoms with Gasteiger partial charge >= 0.3 is 12.1 Å². The molecule has 1 spiro atoms. The molecule has 0 radical (unpaired) electrons. The number of halogens is 3. The molecule has 0 bridgehead atoms. The van der Waals surface area contributed by atoms with Gasteiger partial charge in [-0.15, -0.1) is 0 Å². The van der Waals surface area contributed by atoms with Crippen LogP contribution < -0.4 is 21.7 Å². The number of alkyl halides is 3. The fraction of sp³-hybridized carbons (Fsp3) is 0.783. The van der Waals surface area contributed by atoms with Crippen molar-refractivity contribution in [1.29, 1.82) is 0 Å². The quantitative estimate of drug-likeness (QED) is 0.384. The Bertz CT molecular complexity index is 928. The molecule has 13 heteroatoms. The topological polar surface area (TPSA) is 151 Å². The lowest BCUT2D eigenvalue weighted by atomic mass is 9.82. The highest BCUT2D eigenvalue weighted by Crippen LogP contribution is 2.55. The Kier molecular flexibility index (Phi) is 7.62. The van der Waals surface area contributed by atoms with E-state index in [9.17, 15) is 37.1 Å². The van der Waals surface area contributed by atoms with Crippen molar-refractivity contribution in [1.82, 2.24) is 20.9 Å². The van der Waals surface area contributed by atoms with Crippen LogP contribution in [0.2, 0.25) is 0 Å². The summed E-state index contributed by atoms with van der Waals surface area (Å²) in [5.74, 6) is -5.27. The Morgan fingerprint density at radius 1 is 1.14 bits per heavy atom. The third-order valence-corrected chi connectivity index (χ3v) is 7.42. The number of hydrogen-bond acceptors (Lipinski definition) is 5. The normalized spacial score (nSPS) is 25.1. The molecule has 1 saturated carbocycles. The minimum absolute atomic E-state index is 0.00493. The van der Waals surface area contributed by atoms with Crippen LogP contribution in [0.15, 0.2) is 0 Å². The molecular formula is C23H34F3N5O5. The number of amides is 5. The highest BCUT2D eigenvalue weighted by Gasteiger charge is 2.53. The summed E-state index contributed by atoms with van der Waals surface area (Å²) < 4.78 is 38.9. The first-order valence-electron chi connectivity index (χ1n) is 12.1. The van der Waals surface area contributed by atoms with Crippen LogP contribution in [0.4, 0.5) is 13.2 Å². The zero-order valence-electron chi connectivity index (χ0n) is 20.7. The third kappa shape index (κ3) is 6.28. The maximum Gasteiger partial charge on any atom is 0.471 e. The molecule has 5 N–H and O–H groups in total. The molecule has 5 amide bonds. The average Bonchev–Trinajstić information content (AvgIpc) is 3.39. The van der Waals surface area contributed by atoms with Crippen LogP contribution in [-0.2, 0) is 24.0 Å². The first-order chi connectivity index (χ1) is 16.5. The smallest absolute Gasteiger partial charge is 0.368 e. The van der Waals surface area contributed by atoms with Gasteiger partial charge in [0.2, 0.25) is 23.6 Å². The number of nitrogens with one attached hydrogen (secondary N) is 3. The number of likely N-dealkylation sites (tertiary alicyclic amines) is 1. The van der Waals surface area contributed by atoms with E-state index in [1.54, 1.807) is 5.32 Å². The molecular weight excluding hydrogens is 483 g/mol.